The number of benzene rings is 2. The summed E-state index contributed by atoms with van der Waals surface area (Å²) < 4.78 is 9.58. The molecule has 0 saturated carbocycles. The Balaban J connectivity index is 2.00. The fourth-order valence-corrected chi connectivity index (χ4v) is 2.15. The molecule has 0 heterocycles. The van der Waals surface area contributed by atoms with Crippen molar-refractivity contribution in [3.8, 4) is 6.07 Å². The molecule has 0 N–H and O–H groups in total. The number of amides is 1. The zero-order chi connectivity index (χ0) is 18.9. The third-order valence-electron chi connectivity index (χ3n) is 3.47. The number of para-hydroxylation sites is 1. The molecule has 0 fully saturated rings. The van der Waals surface area contributed by atoms with Gasteiger partial charge in [-0.25, -0.2) is 9.59 Å². The van der Waals surface area contributed by atoms with E-state index >= 15 is 0 Å². The Labute approximate surface area is 150 Å². The molecule has 0 bridgehead atoms. The van der Waals surface area contributed by atoms with E-state index in [9.17, 15) is 14.4 Å². The van der Waals surface area contributed by atoms with Gasteiger partial charge in [-0.1, -0.05) is 18.2 Å². The second-order valence-electron chi connectivity index (χ2n) is 5.12. The molecule has 7 nitrogen and oxygen atoms in total. The Kier molecular flexibility index (Phi) is 6.46. The fourth-order valence-electron chi connectivity index (χ4n) is 2.15. The molecule has 2 rings (SSSR count). The summed E-state index contributed by atoms with van der Waals surface area (Å²) in [6.45, 7) is -0.664. The third-order valence-corrected chi connectivity index (χ3v) is 3.47. The van der Waals surface area contributed by atoms with Crippen molar-refractivity contribution in [2.75, 3.05) is 25.2 Å². The number of carbonyl (C=O) groups excluding carboxylic acids is 3. The van der Waals surface area contributed by atoms with E-state index in [-0.39, 0.29) is 12.1 Å². The van der Waals surface area contributed by atoms with Crippen LogP contribution in [0.4, 0.5) is 5.69 Å². The molecular formula is C19H16N2O5. The average Bonchev–Trinajstić information content (AvgIpc) is 2.70. The van der Waals surface area contributed by atoms with E-state index in [0.717, 1.165) is 0 Å². The number of rotatable bonds is 6. The normalized spacial score (nSPS) is 9.69. The van der Waals surface area contributed by atoms with Crippen molar-refractivity contribution in [2.24, 2.45) is 0 Å². The van der Waals surface area contributed by atoms with Gasteiger partial charge in [0.2, 0.25) is 0 Å². The molecule has 0 aliphatic carbocycles. The molecule has 0 aliphatic rings. The lowest BCUT2D eigenvalue weighted by molar-refractivity contribution is -0.121. The van der Waals surface area contributed by atoms with Crippen molar-refractivity contribution in [3.05, 3.63) is 65.7 Å². The molecule has 7 heteroatoms. The first-order chi connectivity index (χ1) is 12.6. The molecular weight excluding hydrogens is 336 g/mol. The smallest absolute Gasteiger partial charge is 0.338 e. The number of hydrogen-bond acceptors (Lipinski definition) is 6. The summed E-state index contributed by atoms with van der Waals surface area (Å²) in [6, 6.07) is 16.2. The maximum atomic E-state index is 12.3. The highest BCUT2D eigenvalue weighted by atomic mass is 16.5. The van der Waals surface area contributed by atoms with Crippen molar-refractivity contribution in [2.45, 2.75) is 0 Å². The molecule has 2 aromatic rings. The minimum atomic E-state index is -0.709. The molecule has 26 heavy (non-hydrogen) atoms. The van der Waals surface area contributed by atoms with E-state index < -0.39 is 24.5 Å². The summed E-state index contributed by atoms with van der Waals surface area (Å²) in [5, 5.41) is 8.90. The SMILES string of the molecule is COC(=O)c1ccc(C(=O)OCC(=O)N(CC#N)c2ccccc2)cc1. The molecule has 2 aromatic carbocycles. The zero-order valence-corrected chi connectivity index (χ0v) is 14.0. The first-order valence-corrected chi connectivity index (χ1v) is 7.64. The Morgan fingerprint density at radius 1 is 0.962 bits per heavy atom. The maximum absolute atomic E-state index is 12.3. The summed E-state index contributed by atoms with van der Waals surface area (Å²) in [7, 11) is 1.26. The molecule has 0 aliphatic heterocycles. The second-order valence-corrected chi connectivity index (χ2v) is 5.12. The molecule has 0 unspecified atom stereocenters. The van der Waals surface area contributed by atoms with Gasteiger partial charge in [0.05, 0.1) is 24.3 Å². The highest BCUT2D eigenvalue weighted by Crippen LogP contribution is 2.13. The summed E-state index contributed by atoms with van der Waals surface area (Å²) in [5.41, 5.74) is 1.03. The number of nitrogens with zero attached hydrogens (tertiary/aromatic N) is 2. The predicted octanol–water partition coefficient (Wildman–Crippen LogP) is 2.19. The summed E-state index contributed by atoms with van der Waals surface area (Å²) in [6.07, 6.45) is 0. The first-order valence-electron chi connectivity index (χ1n) is 7.64. The van der Waals surface area contributed by atoms with Crippen LogP contribution in [0.25, 0.3) is 0 Å². The van der Waals surface area contributed by atoms with Crippen LogP contribution in [-0.4, -0.2) is 38.1 Å². The van der Waals surface area contributed by atoms with Gasteiger partial charge in [0, 0.05) is 5.69 Å². The van der Waals surface area contributed by atoms with Gasteiger partial charge in [0.25, 0.3) is 5.91 Å². The highest BCUT2D eigenvalue weighted by Gasteiger charge is 2.18. The Morgan fingerprint density at radius 2 is 1.54 bits per heavy atom. The quantitative estimate of drug-likeness (QED) is 0.584. The van der Waals surface area contributed by atoms with Crippen LogP contribution in [0.1, 0.15) is 20.7 Å². The predicted molar refractivity (Wildman–Crippen MR) is 92.5 cm³/mol. The monoisotopic (exact) mass is 352 g/mol. The van der Waals surface area contributed by atoms with Crippen molar-refractivity contribution < 1.29 is 23.9 Å². The first kappa shape index (κ1) is 18.7. The molecule has 1 amide bonds. The second kappa shape index (κ2) is 8.99. The Bertz CT molecular complexity index is 825. The minimum Gasteiger partial charge on any atom is -0.465 e. The largest absolute Gasteiger partial charge is 0.465 e. The Morgan fingerprint density at radius 3 is 2.08 bits per heavy atom. The van der Waals surface area contributed by atoms with Crippen molar-refractivity contribution in [1.29, 1.82) is 5.26 Å². The topological polar surface area (TPSA) is 96.7 Å². The average molecular weight is 352 g/mol. The van der Waals surface area contributed by atoms with E-state index in [1.807, 2.05) is 6.07 Å². The van der Waals surface area contributed by atoms with Gasteiger partial charge in [-0.3, -0.25) is 9.69 Å². The lowest BCUT2D eigenvalue weighted by Gasteiger charge is -2.19. The van der Waals surface area contributed by atoms with Crippen LogP contribution in [-0.2, 0) is 14.3 Å². The molecule has 0 saturated heterocycles. The number of anilines is 1. The number of ether oxygens (including phenoxy) is 2. The van der Waals surface area contributed by atoms with Gasteiger partial charge >= 0.3 is 11.9 Å². The fraction of sp³-hybridized carbons (Fsp3) is 0.158. The van der Waals surface area contributed by atoms with Crippen LogP contribution in [0.2, 0.25) is 0 Å². The van der Waals surface area contributed by atoms with Gasteiger partial charge < -0.3 is 9.47 Å². The van der Waals surface area contributed by atoms with Gasteiger partial charge in [0.1, 0.15) is 6.54 Å². The lowest BCUT2D eigenvalue weighted by atomic mass is 10.1. The zero-order valence-electron chi connectivity index (χ0n) is 14.0. The van der Waals surface area contributed by atoms with E-state index in [1.165, 1.54) is 36.3 Å². The third kappa shape index (κ3) is 4.68. The van der Waals surface area contributed by atoms with Gasteiger partial charge in [-0.2, -0.15) is 5.26 Å². The van der Waals surface area contributed by atoms with Gasteiger partial charge in [-0.05, 0) is 36.4 Å². The van der Waals surface area contributed by atoms with Gasteiger partial charge in [-0.15, -0.1) is 0 Å². The number of methoxy groups -OCH3 is 1. The summed E-state index contributed by atoms with van der Waals surface area (Å²) in [5.74, 6) is -1.74. The van der Waals surface area contributed by atoms with Crippen LogP contribution >= 0.6 is 0 Å². The van der Waals surface area contributed by atoms with Crippen LogP contribution < -0.4 is 4.90 Å². The number of carbonyl (C=O) groups is 3. The van der Waals surface area contributed by atoms with Crippen molar-refractivity contribution in [1.82, 2.24) is 0 Å². The number of esters is 2. The molecule has 0 spiro atoms. The van der Waals surface area contributed by atoms with Crippen molar-refractivity contribution >= 4 is 23.5 Å². The van der Waals surface area contributed by atoms with Crippen LogP contribution in [0.15, 0.2) is 54.6 Å². The Hall–Kier alpha value is -3.66. The maximum Gasteiger partial charge on any atom is 0.338 e. The number of hydrogen-bond donors (Lipinski definition) is 0. The standard InChI is InChI=1S/C19H16N2O5/c1-25-18(23)14-7-9-15(10-8-14)19(24)26-13-17(22)21(12-11-20)16-5-3-2-4-6-16/h2-10H,12-13H2,1H3. The number of nitriles is 1. The van der Waals surface area contributed by atoms with E-state index in [4.69, 9.17) is 10.00 Å². The van der Waals surface area contributed by atoms with Crippen LogP contribution in [0.3, 0.4) is 0 Å². The van der Waals surface area contributed by atoms with Gasteiger partial charge in [0.15, 0.2) is 6.61 Å². The highest BCUT2D eigenvalue weighted by molar-refractivity contribution is 5.98. The van der Waals surface area contributed by atoms with E-state index in [1.54, 1.807) is 30.3 Å². The van der Waals surface area contributed by atoms with E-state index in [2.05, 4.69) is 4.74 Å². The summed E-state index contributed by atoms with van der Waals surface area (Å²) >= 11 is 0. The summed E-state index contributed by atoms with van der Waals surface area (Å²) in [4.78, 5) is 36.9. The molecule has 0 radical (unpaired) electrons. The lowest BCUT2D eigenvalue weighted by Crippen LogP contribution is -2.35. The van der Waals surface area contributed by atoms with E-state index in [0.29, 0.717) is 11.3 Å². The van der Waals surface area contributed by atoms with Crippen LogP contribution in [0, 0.1) is 11.3 Å². The molecule has 0 atom stereocenters. The molecule has 0 aromatic heterocycles. The van der Waals surface area contributed by atoms with Crippen LogP contribution in [0.5, 0.6) is 0 Å². The molecule has 132 valence electrons. The minimum absolute atomic E-state index is 0.159. The van der Waals surface area contributed by atoms with Crippen molar-refractivity contribution in [3.63, 3.8) is 0 Å².